The maximum absolute atomic E-state index is 16.9. The molecule has 4 aromatic carbocycles. The lowest BCUT2D eigenvalue weighted by Gasteiger charge is -2.33. The highest BCUT2D eigenvalue weighted by Gasteiger charge is 2.44. The van der Waals surface area contributed by atoms with Crippen LogP contribution in [0.5, 0.6) is 17.5 Å². The molecule has 2 atom stereocenters. The van der Waals surface area contributed by atoms with Crippen LogP contribution in [0.4, 0.5) is 10.2 Å². The van der Waals surface area contributed by atoms with Crippen LogP contribution < -0.4 is 25.0 Å². The molecule has 9 rings (SSSR count). The molecule has 5 heterocycles. The van der Waals surface area contributed by atoms with Crippen LogP contribution in [0.15, 0.2) is 60.7 Å². The summed E-state index contributed by atoms with van der Waals surface area (Å²) in [6.45, 7) is 9.11. The van der Waals surface area contributed by atoms with E-state index in [0.29, 0.717) is 68.6 Å². The molecule has 3 saturated heterocycles. The Labute approximate surface area is 396 Å². The third-order valence-electron chi connectivity index (χ3n) is 12.6. The van der Waals surface area contributed by atoms with E-state index in [1.165, 1.54) is 18.2 Å². The fraction of sp³-hybridized carbons (Fsp3) is 0.429. The minimum atomic E-state index is -1.03. The molecule has 4 amide bonds. The van der Waals surface area contributed by atoms with Crippen LogP contribution in [-0.2, 0) is 23.8 Å². The number of hydrogen-bond donors (Lipinski definition) is 3. The zero-order valence-corrected chi connectivity index (χ0v) is 38.4. The third kappa shape index (κ3) is 10.4. The molecule has 68 heavy (non-hydrogen) atoms. The first-order valence-electron chi connectivity index (χ1n) is 23.0. The van der Waals surface area contributed by atoms with Gasteiger partial charge in [0.25, 0.3) is 11.8 Å². The molecule has 4 aliphatic rings. The standard InChI is InChI=1S/C49H53ClFN7O10/c1-29(68-49-54-44-38(45(55-49)57-16-12-52-13-17-57)27-39(50)42(43(44)51)36-25-31(59)24-30-4-2-3-5-34(30)36)28-56-14-10-32(11-15-56)66-22-20-64-18-19-65-21-23-67-33-6-7-35-37(26-33)48(63)58(47(35)62)40-8-9-41(60)53-46(40)61/h2-7,24-27,29,32,40,52,59H,8-23,28H2,1H3,(H,53,60,61)/t29-,40?/m1/s1. The van der Waals surface area contributed by atoms with E-state index < -0.39 is 35.5 Å². The summed E-state index contributed by atoms with van der Waals surface area (Å²) in [6.07, 6.45) is 1.64. The van der Waals surface area contributed by atoms with Gasteiger partial charge in [-0.05, 0) is 78.9 Å². The molecule has 0 spiro atoms. The summed E-state index contributed by atoms with van der Waals surface area (Å²) in [4.78, 5) is 64.6. The van der Waals surface area contributed by atoms with E-state index in [-0.39, 0.29) is 77.3 Å². The van der Waals surface area contributed by atoms with Crippen molar-refractivity contribution in [1.82, 2.24) is 30.4 Å². The zero-order chi connectivity index (χ0) is 47.3. The number of aromatic hydroxyl groups is 1. The number of benzene rings is 4. The Kier molecular flexibility index (Phi) is 14.6. The summed E-state index contributed by atoms with van der Waals surface area (Å²) in [5.74, 6) is -1.92. The van der Waals surface area contributed by atoms with E-state index in [1.54, 1.807) is 18.2 Å². The molecule has 17 nitrogen and oxygen atoms in total. The van der Waals surface area contributed by atoms with Gasteiger partial charge in [0.15, 0.2) is 5.82 Å². The molecule has 3 fully saturated rings. The van der Waals surface area contributed by atoms with Gasteiger partial charge in [0.05, 0.1) is 55.3 Å². The highest BCUT2D eigenvalue weighted by atomic mass is 35.5. The average molecular weight is 954 g/mol. The molecule has 4 aliphatic heterocycles. The minimum absolute atomic E-state index is 0.00249. The Balaban J connectivity index is 0.698. The van der Waals surface area contributed by atoms with E-state index in [9.17, 15) is 24.3 Å². The van der Waals surface area contributed by atoms with E-state index in [2.05, 4.69) is 25.4 Å². The molecule has 3 N–H and O–H groups in total. The fourth-order valence-corrected chi connectivity index (χ4v) is 9.57. The fourth-order valence-electron chi connectivity index (χ4n) is 9.27. The molecule has 0 aliphatic carbocycles. The summed E-state index contributed by atoms with van der Waals surface area (Å²) < 4.78 is 46.4. The molecule has 358 valence electrons. The lowest BCUT2D eigenvalue weighted by molar-refractivity contribution is -0.136. The van der Waals surface area contributed by atoms with Crippen molar-refractivity contribution in [2.75, 3.05) is 90.4 Å². The van der Waals surface area contributed by atoms with Gasteiger partial charge >= 0.3 is 6.01 Å². The Morgan fingerprint density at radius 1 is 0.824 bits per heavy atom. The second kappa shape index (κ2) is 21.1. The van der Waals surface area contributed by atoms with Gasteiger partial charge in [-0.25, -0.2) is 4.39 Å². The number of nitrogens with zero attached hydrogens (tertiary/aromatic N) is 5. The number of imide groups is 2. The number of anilines is 1. The van der Waals surface area contributed by atoms with E-state index in [1.807, 2.05) is 31.2 Å². The lowest BCUT2D eigenvalue weighted by Crippen LogP contribution is -2.54. The Morgan fingerprint density at radius 3 is 2.34 bits per heavy atom. The van der Waals surface area contributed by atoms with Crippen LogP contribution in [0.25, 0.3) is 32.8 Å². The summed E-state index contributed by atoms with van der Waals surface area (Å²) in [6, 6.07) is 16.0. The number of carbonyl (C=O) groups is 4. The number of phenolic OH excluding ortho intramolecular Hbond substituents is 1. The van der Waals surface area contributed by atoms with Crippen LogP contribution >= 0.6 is 11.6 Å². The minimum Gasteiger partial charge on any atom is -0.508 e. The van der Waals surface area contributed by atoms with Crippen molar-refractivity contribution in [2.45, 2.75) is 50.9 Å². The second-order valence-corrected chi connectivity index (χ2v) is 17.7. The highest BCUT2D eigenvalue weighted by molar-refractivity contribution is 6.35. The smallest absolute Gasteiger partial charge is 0.319 e. The highest BCUT2D eigenvalue weighted by Crippen LogP contribution is 2.42. The van der Waals surface area contributed by atoms with Gasteiger partial charge in [-0.15, -0.1) is 0 Å². The van der Waals surface area contributed by atoms with Crippen molar-refractivity contribution in [3.8, 4) is 28.6 Å². The number of carbonyl (C=O) groups excluding carboxylic acids is 4. The third-order valence-corrected chi connectivity index (χ3v) is 12.9. The summed E-state index contributed by atoms with van der Waals surface area (Å²) in [5.41, 5.74) is 1.05. The van der Waals surface area contributed by atoms with Crippen LogP contribution in [0, 0.1) is 5.82 Å². The number of piperidine rings is 2. The van der Waals surface area contributed by atoms with Gasteiger partial charge in [-0.2, -0.15) is 9.97 Å². The van der Waals surface area contributed by atoms with Crippen LogP contribution in [0.1, 0.15) is 53.3 Å². The van der Waals surface area contributed by atoms with Gasteiger partial charge in [0.2, 0.25) is 11.8 Å². The number of amides is 4. The average Bonchev–Trinajstić information content (AvgIpc) is 3.57. The SMILES string of the molecule is C[C@H](CN1CCC(OCCOCCOCCOc2ccc3c(c2)C(=O)N(C2CCC(=O)NC2=O)C3=O)CC1)Oc1nc(N2CCNCC2)c2cc(Cl)c(-c3cc(O)cc4ccccc34)c(F)c2n1. The van der Waals surface area contributed by atoms with Crippen LogP contribution in [-0.4, -0.2) is 152 Å². The number of rotatable bonds is 18. The maximum atomic E-state index is 16.9. The number of likely N-dealkylation sites (tertiary alicyclic amines) is 1. The number of hydrogen-bond acceptors (Lipinski definition) is 15. The summed E-state index contributed by atoms with van der Waals surface area (Å²) in [5, 5.41) is 18.3. The van der Waals surface area contributed by atoms with Crippen molar-refractivity contribution in [2.24, 2.45) is 0 Å². The number of phenols is 1. The van der Waals surface area contributed by atoms with Crippen molar-refractivity contribution in [1.29, 1.82) is 0 Å². The number of aromatic nitrogens is 2. The van der Waals surface area contributed by atoms with E-state index in [0.717, 1.165) is 54.7 Å². The van der Waals surface area contributed by atoms with Crippen molar-refractivity contribution in [3.63, 3.8) is 0 Å². The van der Waals surface area contributed by atoms with Gasteiger partial charge in [0, 0.05) is 63.2 Å². The van der Waals surface area contributed by atoms with E-state index >= 15 is 4.39 Å². The molecule has 1 unspecified atom stereocenters. The molecule has 0 saturated carbocycles. The van der Waals surface area contributed by atoms with E-state index in [4.69, 9.17) is 40.3 Å². The molecule has 5 aromatic rings. The van der Waals surface area contributed by atoms with Crippen LogP contribution in [0.2, 0.25) is 5.02 Å². The zero-order valence-electron chi connectivity index (χ0n) is 37.6. The predicted molar refractivity (Wildman–Crippen MR) is 250 cm³/mol. The number of piperazine rings is 1. The largest absolute Gasteiger partial charge is 0.508 e. The van der Waals surface area contributed by atoms with Crippen molar-refractivity contribution < 1.29 is 52.4 Å². The lowest BCUT2D eigenvalue weighted by atomic mass is 9.96. The van der Waals surface area contributed by atoms with Gasteiger partial charge in [-0.3, -0.25) is 34.3 Å². The molecule has 19 heteroatoms. The topological polar surface area (TPSA) is 194 Å². The first kappa shape index (κ1) is 47.1. The molecular weight excluding hydrogens is 901 g/mol. The molecule has 0 bridgehead atoms. The van der Waals surface area contributed by atoms with Crippen molar-refractivity contribution in [3.05, 3.63) is 82.6 Å². The van der Waals surface area contributed by atoms with Gasteiger partial charge in [0.1, 0.15) is 41.6 Å². The number of nitrogens with one attached hydrogen (secondary N) is 2. The number of fused-ring (bicyclic) bond motifs is 3. The summed E-state index contributed by atoms with van der Waals surface area (Å²) >= 11 is 6.88. The molecular formula is C49H53ClFN7O10. The maximum Gasteiger partial charge on any atom is 0.319 e. The second-order valence-electron chi connectivity index (χ2n) is 17.3. The Morgan fingerprint density at radius 2 is 1.56 bits per heavy atom. The molecule has 1 aromatic heterocycles. The number of halogens is 2. The first-order chi connectivity index (χ1) is 33.0. The summed E-state index contributed by atoms with van der Waals surface area (Å²) in [7, 11) is 0. The molecule has 0 radical (unpaired) electrons. The Bertz CT molecular complexity index is 2710. The van der Waals surface area contributed by atoms with Crippen LogP contribution in [0.3, 0.4) is 0 Å². The monoisotopic (exact) mass is 953 g/mol. The van der Waals surface area contributed by atoms with Crippen molar-refractivity contribution >= 4 is 62.7 Å². The van der Waals surface area contributed by atoms with Gasteiger partial charge < -0.3 is 39.0 Å². The quantitative estimate of drug-likeness (QED) is 0.0774. The van der Waals surface area contributed by atoms with Gasteiger partial charge in [-0.1, -0.05) is 35.9 Å². The predicted octanol–water partition coefficient (Wildman–Crippen LogP) is 5.12. The normalized spacial score (nSPS) is 18.7. The number of ether oxygens (including phenoxy) is 5. The first-order valence-corrected chi connectivity index (χ1v) is 23.4. The Hall–Kier alpha value is -6.02.